The van der Waals surface area contributed by atoms with Crippen LogP contribution in [0.3, 0.4) is 0 Å². The van der Waals surface area contributed by atoms with E-state index in [4.69, 9.17) is 0 Å². The lowest BCUT2D eigenvalue weighted by atomic mass is 10.1. The van der Waals surface area contributed by atoms with Gasteiger partial charge in [-0.2, -0.15) is 0 Å². The number of nitro benzene ring substituents is 1. The summed E-state index contributed by atoms with van der Waals surface area (Å²) in [6.07, 6.45) is 4.79. The molecule has 0 bridgehead atoms. The summed E-state index contributed by atoms with van der Waals surface area (Å²) in [7, 11) is 1.66. The molecule has 3 aromatic rings. The summed E-state index contributed by atoms with van der Waals surface area (Å²) in [5.74, 6) is -0.235. The van der Waals surface area contributed by atoms with Crippen LogP contribution in [0.15, 0.2) is 66.9 Å². The summed E-state index contributed by atoms with van der Waals surface area (Å²) >= 11 is 0. The molecule has 1 atom stereocenters. The first kappa shape index (κ1) is 19.9. The molecule has 0 saturated heterocycles. The number of nitro groups is 1. The van der Waals surface area contributed by atoms with Gasteiger partial charge in [0, 0.05) is 25.3 Å². The highest BCUT2D eigenvalue weighted by atomic mass is 16.6. The molecule has 8 nitrogen and oxygen atoms in total. The Morgan fingerprint density at radius 2 is 2.00 bits per heavy atom. The molecule has 0 radical (unpaired) electrons. The van der Waals surface area contributed by atoms with Crippen LogP contribution in [0.5, 0.6) is 0 Å². The van der Waals surface area contributed by atoms with E-state index >= 15 is 0 Å². The highest BCUT2D eigenvalue weighted by Gasteiger charge is 2.17. The number of carbonyl (C=O) groups excluding carboxylic acids is 1. The lowest BCUT2D eigenvalue weighted by molar-refractivity contribution is -0.384. The summed E-state index contributed by atoms with van der Waals surface area (Å²) in [6, 6.07) is 15.9. The molecule has 0 aliphatic carbocycles. The van der Waals surface area contributed by atoms with Crippen LogP contribution in [-0.4, -0.2) is 37.8 Å². The standard InChI is InChI=1S/C21H21N5O3/c1-16(18-9-6-10-20(13-18)26(28)29)24(2)21(27)12-11-19-15-25(23-22-19)14-17-7-4-3-5-8-17/h3-13,15-16H,14H2,1-2H3/b12-11+. The average Bonchev–Trinajstić information content (AvgIpc) is 3.19. The monoisotopic (exact) mass is 391 g/mol. The van der Waals surface area contributed by atoms with E-state index in [0.29, 0.717) is 17.8 Å². The second-order valence-corrected chi connectivity index (χ2v) is 6.64. The fraction of sp³-hybridized carbons (Fsp3) is 0.190. The van der Waals surface area contributed by atoms with Crippen LogP contribution >= 0.6 is 0 Å². The van der Waals surface area contributed by atoms with E-state index in [0.717, 1.165) is 5.56 Å². The second-order valence-electron chi connectivity index (χ2n) is 6.64. The maximum atomic E-state index is 12.5. The number of hydrogen-bond donors (Lipinski definition) is 0. The lowest BCUT2D eigenvalue weighted by Gasteiger charge is -2.24. The summed E-state index contributed by atoms with van der Waals surface area (Å²) in [6.45, 7) is 2.42. The van der Waals surface area contributed by atoms with E-state index in [1.54, 1.807) is 36.1 Å². The topological polar surface area (TPSA) is 94.2 Å². The van der Waals surface area contributed by atoms with E-state index in [9.17, 15) is 14.9 Å². The molecular formula is C21H21N5O3. The SMILES string of the molecule is CC(c1cccc([N+](=O)[O-])c1)N(C)C(=O)/C=C/c1cn(Cc2ccccc2)nn1. The van der Waals surface area contributed by atoms with Gasteiger partial charge in [0.15, 0.2) is 0 Å². The first-order valence-electron chi connectivity index (χ1n) is 9.07. The Hall–Kier alpha value is -3.81. The van der Waals surface area contributed by atoms with Crippen molar-refractivity contribution in [1.29, 1.82) is 0 Å². The minimum Gasteiger partial charge on any atom is -0.335 e. The molecule has 8 heteroatoms. The molecule has 148 valence electrons. The largest absolute Gasteiger partial charge is 0.335 e. The van der Waals surface area contributed by atoms with E-state index in [1.807, 2.05) is 37.3 Å². The van der Waals surface area contributed by atoms with Gasteiger partial charge >= 0.3 is 0 Å². The zero-order chi connectivity index (χ0) is 20.8. The van der Waals surface area contributed by atoms with Crippen LogP contribution in [0.25, 0.3) is 6.08 Å². The number of nitrogens with zero attached hydrogens (tertiary/aromatic N) is 5. The van der Waals surface area contributed by atoms with Gasteiger partial charge in [0.1, 0.15) is 5.69 Å². The van der Waals surface area contributed by atoms with Crippen LogP contribution in [0.2, 0.25) is 0 Å². The van der Waals surface area contributed by atoms with E-state index in [2.05, 4.69) is 10.3 Å². The number of aromatic nitrogens is 3. The van der Waals surface area contributed by atoms with Crippen molar-refractivity contribution in [2.24, 2.45) is 0 Å². The maximum Gasteiger partial charge on any atom is 0.269 e. The van der Waals surface area contributed by atoms with Gasteiger partial charge in [-0.3, -0.25) is 14.9 Å². The Labute approximate surface area is 168 Å². The number of rotatable bonds is 7. The quantitative estimate of drug-likeness (QED) is 0.349. The van der Waals surface area contributed by atoms with E-state index in [1.165, 1.54) is 23.1 Å². The van der Waals surface area contributed by atoms with Crippen molar-refractivity contribution in [3.63, 3.8) is 0 Å². The molecule has 0 spiro atoms. The van der Waals surface area contributed by atoms with Crippen LogP contribution in [-0.2, 0) is 11.3 Å². The van der Waals surface area contributed by atoms with E-state index in [-0.39, 0.29) is 17.6 Å². The highest BCUT2D eigenvalue weighted by Crippen LogP contribution is 2.23. The first-order valence-corrected chi connectivity index (χ1v) is 9.07. The molecule has 1 amide bonds. The summed E-state index contributed by atoms with van der Waals surface area (Å²) < 4.78 is 1.70. The van der Waals surface area contributed by atoms with Gasteiger partial charge in [-0.25, -0.2) is 4.68 Å². The minimum absolute atomic E-state index is 0.000714. The van der Waals surface area contributed by atoms with Crippen LogP contribution < -0.4 is 0 Å². The lowest BCUT2D eigenvalue weighted by Crippen LogP contribution is -2.28. The third-order valence-electron chi connectivity index (χ3n) is 4.63. The first-order chi connectivity index (χ1) is 13.9. The Balaban J connectivity index is 1.64. The second kappa shape index (κ2) is 8.92. The van der Waals surface area contributed by atoms with Crippen molar-refractivity contribution in [3.05, 3.63) is 93.8 Å². The molecule has 29 heavy (non-hydrogen) atoms. The van der Waals surface area contributed by atoms with Gasteiger partial charge in [-0.15, -0.1) is 5.10 Å². The Morgan fingerprint density at radius 3 is 2.72 bits per heavy atom. The average molecular weight is 391 g/mol. The number of hydrogen-bond acceptors (Lipinski definition) is 5. The van der Waals surface area contributed by atoms with Crippen molar-refractivity contribution in [2.45, 2.75) is 19.5 Å². The number of carbonyl (C=O) groups is 1. The maximum absolute atomic E-state index is 12.5. The third-order valence-corrected chi connectivity index (χ3v) is 4.63. The van der Waals surface area contributed by atoms with Crippen LogP contribution in [0.4, 0.5) is 5.69 Å². The predicted octanol–water partition coefficient (Wildman–Crippen LogP) is 3.47. The molecule has 0 aliphatic heterocycles. The molecular weight excluding hydrogens is 370 g/mol. The number of likely N-dealkylation sites (N-methyl/N-ethyl adjacent to an activating group) is 1. The van der Waals surface area contributed by atoms with Crippen molar-refractivity contribution in [1.82, 2.24) is 19.9 Å². The fourth-order valence-electron chi connectivity index (χ4n) is 2.82. The van der Waals surface area contributed by atoms with Gasteiger partial charge < -0.3 is 4.90 Å². The molecule has 1 heterocycles. The highest BCUT2D eigenvalue weighted by molar-refractivity contribution is 5.91. The van der Waals surface area contributed by atoms with Gasteiger partial charge in [0.2, 0.25) is 5.91 Å². The molecule has 0 saturated carbocycles. The Kier molecular flexibility index (Phi) is 6.13. The van der Waals surface area contributed by atoms with Crippen molar-refractivity contribution >= 4 is 17.7 Å². The molecule has 0 aliphatic rings. The van der Waals surface area contributed by atoms with Crippen molar-refractivity contribution in [2.75, 3.05) is 7.05 Å². The number of amides is 1. The van der Waals surface area contributed by atoms with Gasteiger partial charge in [0.05, 0.1) is 23.7 Å². The molecule has 0 N–H and O–H groups in total. The summed E-state index contributed by atoms with van der Waals surface area (Å²) in [4.78, 5) is 24.5. The molecule has 1 unspecified atom stereocenters. The molecule has 3 rings (SSSR count). The van der Waals surface area contributed by atoms with Crippen LogP contribution in [0, 0.1) is 10.1 Å². The zero-order valence-electron chi connectivity index (χ0n) is 16.2. The minimum atomic E-state index is -0.448. The van der Waals surface area contributed by atoms with Crippen molar-refractivity contribution < 1.29 is 9.72 Å². The predicted molar refractivity (Wildman–Crippen MR) is 109 cm³/mol. The van der Waals surface area contributed by atoms with Gasteiger partial charge in [-0.05, 0) is 24.1 Å². The molecule has 2 aromatic carbocycles. The molecule has 1 aromatic heterocycles. The van der Waals surface area contributed by atoms with Crippen molar-refractivity contribution in [3.8, 4) is 0 Å². The number of non-ortho nitro benzene ring substituents is 1. The Morgan fingerprint density at radius 1 is 1.24 bits per heavy atom. The summed E-state index contributed by atoms with van der Waals surface area (Å²) in [5, 5.41) is 19.1. The smallest absolute Gasteiger partial charge is 0.269 e. The van der Waals surface area contributed by atoms with Gasteiger partial charge in [-0.1, -0.05) is 47.7 Å². The van der Waals surface area contributed by atoms with E-state index < -0.39 is 4.92 Å². The normalized spacial score (nSPS) is 12.1. The number of benzene rings is 2. The zero-order valence-corrected chi connectivity index (χ0v) is 16.2. The summed E-state index contributed by atoms with van der Waals surface area (Å²) in [5.41, 5.74) is 2.37. The van der Waals surface area contributed by atoms with Crippen LogP contribution in [0.1, 0.15) is 29.8 Å². The fourth-order valence-corrected chi connectivity index (χ4v) is 2.82. The Bertz CT molecular complexity index is 1030. The molecule has 0 fully saturated rings. The third kappa shape index (κ3) is 5.13. The van der Waals surface area contributed by atoms with Gasteiger partial charge in [0.25, 0.3) is 5.69 Å².